The van der Waals surface area contributed by atoms with Crippen LogP contribution in [0.1, 0.15) is 68.6 Å². The van der Waals surface area contributed by atoms with Gasteiger partial charge in [0, 0.05) is 18.8 Å². The quantitative estimate of drug-likeness (QED) is 0.613. The summed E-state index contributed by atoms with van der Waals surface area (Å²) in [5, 5.41) is 3.03. The summed E-state index contributed by atoms with van der Waals surface area (Å²) in [6, 6.07) is 5.03. The van der Waals surface area contributed by atoms with Crippen LogP contribution in [-0.4, -0.2) is 36.6 Å². The Morgan fingerprint density at radius 3 is 2.71 bits per heavy atom. The van der Waals surface area contributed by atoms with Crippen molar-refractivity contribution in [1.29, 1.82) is 0 Å². The van der Waals surface area contributed by atoms with Gasteiger partial charge in [0.1, 0.15) is 0 Å². The van der Waals surface area contributed by atoms with Gasteiger partial charge in [-0.15, -0.1) is 0 Å². The van der Waals surface area contributed by atoms with Crippen molar-refractivity contribution >= 4 is 29.3 Å². The van der Waals surface area contributed by atoms with Gasteiger partial charge in [-0.3, -0.25) is 10.1 Å². The highest BCUT2D eigenvalue weighted by atomic mass is 35.5. The first-order valence-electron chi connectivity index (χ1n) is 10.6. The van der Waals surface area contributed by atoms with E-state index in [2.05, 4.69) is 12.2 Å². The third-order valence-corrected chi connectivity index (χ3v) is 6.32. The Morgan fingerprint density at radius 1 is 1.18 bits per heavy atom. The molecule has 28 heavy (non-hydrogen) atoms. The molecule has 1 aliphatic carbocycles. The van der Waals surface area contributed by atoms with Gasteiger partial charge in [0.05, 0.1) is 17.2 Å². The monoisotopic (exact) mass is 406 g/mol. The molecule has 2 amide bonds. The van der Waals surface area contributed by atoms with Gasteiger partial charge in [-0.1, -0.05) is 50.6 Å². The zero-order valence-corrected chi connectivity index (χ0v) is 17.5. The van der Waals surface area contributed by atoms with Crippen LogP contribution in [0.25, 0.3) is 0 Å². The van der Waals surface area contributed by atoms with Crippen LogP contribution in [0.4, 0.5) is 10.5 Å². The maximum atomic E-state index is 13.0. The Balaban J connectivity index is 1.56. The summed E-state index contributed by atoms with van der Waals surface area (Å²) < 4.78 is 5.14. The number of hydrogen-bond acceptors (Lipinski definition) is 3. The standard InChI is InChI=1S/C22H31ClN2O3/c1-2-3-6-13-28-22(27)24-18-9-10-19(20(23)14-18)21(26)25-12-11-16-7-4-5-8-17(16)15-25/h9-10,14,16-17H,2-8,11-13,15H2,1H3,(H,24,27). The molecule has 1 aromatic carbocycles. The molecule has 2 atom stereocenters. The number of carbonyl (C=O) groups is 2. The number of anilines is 1. The maximum absolute atomic E-state index is 13.0. The minimum atomic E-state index is -0.495. The van der Waals surface area contributed by atoms with Crippen molar-refractivity contribution in [2.45, 2.75) is 58.3 Å². The van der Waals surface area contributed by atoms with Crippen LogP contribution in [0.2, 0.25) is 5.02 Å². The molecule has 1 aliphatic heterocycles. The number of halogens is 1. The number of unbranched alkanes of at least 4 members (excludes halogenated alkanes) is 2. The van der Waals surface area contributed by atoms with Crippen molar-refractivity contribution in [1.82, 2.24) is 4.90 Å². The normalized spacial score (nSPS) is 21.7. The highest BCUT2D eigenvalue weighted by Gasteiger charge is 2.33. The minimum Gasteiger partial charge on any atom is -0.449 e. The van der Waals surface area contributed by atoms with Crippen LogP contribution < -0.4 is 5.32 Å². The molecule has 0 radical (unpaired) electrons. The number of carbonyl (C=O) groups excluding carboxylic acids is 2. The van der Waals surface area contributed by atoms with E-state index in [0.29, 0.717) is 28.8 Å². The number of nitrogens with zero attached hydrogens (tertiary/aromatic N) is 1. The lowest BCUT2D eigenvalue weighted by atomic mass is 9.75. The van der Waals surface area contributed by atoms with E-state index in [9.17, 15) is 9.59 Å². The molecule has 3 rings (SSSR count). The van der Waals surface area contributed by atoms with Crippen molar-refractivity contribution in [2.24, 2.45) is 11.8 Å². The van der Waals surface area contributed by atoms with Crippen LogP contribution in [0.5, 0.6) is 0 Å². The van der Waals surface area contributed by atoms with Crippen molar-refractivity contribution in [3.63, 3.8) is 0 Å². The molecular formula is C22H31ClN2O3. The molecule has 154 valence electrons. The zero-order valence-electron chi connectivity index (χ0n) is 16.7. The maximum Gasteiger partial charge on any atom is 0.411 e. The molecule has 1 saturated heterocycles. The average molecular weight is 407 g/mol. The summed E-state index contributed by atoms with van der Waals surface area (Å²) in [5.41, 5.74) is 1.03. The third kappa shape index (κ3) is 5.40. The van der Waals surface area contributed by atoms with Crippen molar-refractivity contribution < 1.29 is 14.3 Å². The highest BCUT2D eigenvalue weighted by molar-refractivity contribution is 6.34. The van der Waals surface area contributed by atoms with Crippen LogP contribution in [-0.2, 0) is 4.74 Å². The first-order chi connectivity index (χ1) is 13.6. The molecule has 6 heteroatoms. The van der Waals surface area contributed by atoms with Crippen molar-refractivity contribution in [3.05, 3.63) is 28.8 Å². The lowest BCUT2D eigenvalue weighted by Gasteiger charge is -2.41. The van der Waals surface area contributed by atoms with Gasteiger partial charge in [-0.25, -0.2) is 4.79 Å². The molecule has 0 spiro atoms. The predicted octanol–water partition coefficient (Wildman–Crippen LogP) is 5.73. The third-order valence-electron chi connectivity index (χ3n) is 6.01. The number of rotatable bonds is 6. The first kappa shape index (κ1) is 21.0. The first-order valence-corrected chi connectivity index (χ1v) is 11.0. The fourth-order valence-electron chi connectivity index (χ4n) is 4.39. The van der Waals surface area contributed by atoms with Crippen molar-refractivity contribution in [3.8, 4) is 0 Å². The van der Waals surface area contributed by atoms with Crippen LogP contribution >= 0.6 is 11.6 Å². The fourth-order valence-corrected chi connectivity index (χ4v) is 4.65. The molecule has 2 unspecified atom stereocenters. The van der Waals surface area contributed by atoms with Crippen molar-refractivity contribution in [2.75, 3.05) is 25.0 Å². The van der Waals surface area contributed by atoms with E-state index in [1.165, 1.54) is 25.7 Å². The van der Waals surface area contributed by atoms with Crippen LogP contribution in [0, 0.1) is 11.8 Å². The van der Waals surface area contributed by atoms with E-state index in [-0.39, 0.29) is 5.91 Å². The summed E-state index contributed by atoms with van der Waals surface area (Å²) in [5.74, 6) is 1.40. The van der Waals surface area contributed by atoms with Crippen LogP contribution in [0.15, 0.2) is 18.2 Å². The number of nitrogens with one attached hydrogen (secondary N) is 1. The van der Waals surface area contributed by atoms with Gasteiger partial charge < -0.3 is 9.64 Å². The Bertz CT molecular complexity index is 694. The molecule has 1 heterocycles. The second kappa shape index (κ2) is 10.1. The summed E-state index contributed by atoms with van der Waals surface area (Å²) in [6.07, 6.45) is 8.71. The zero-order chi connectivity index (χ0) is 19.9. The number of likely N-dealkylation sites (tertiary alicyclic amines) is 1. The molecule has 0 bridgehead atoms. The molecule has 1 aromatic rings. The molecule has 2 fully saturated rings. The van der Waals surface area contributed by atoms with Crippen LogP contribution in [0.3, 0.4) is 0 Å². The molecule has 1 saturated carbocycles. The van der Waals surface area contributed by atoms with E-state index >= 15 is 0 Å². The Morgan fingerprint density at radius 2 is 1.96 bits per heavy atom. The molecule has 0 aromatic heterocycles. The van der Waals surface area contributed by atoms with E-state index in [0.717, 1.165) is 44.7 Å². The second-order valence-corrected chi connectivity index (χ2v) is 8.41. The average Bonchev–Trinajstić information content (AvgIpc) is 2.70. The van der Waals surface area contributed by atoms with Gasteiger partial charge in [0.15, 0.2) is 0 Å². The summed E-state index contributed by atoms with van der Waals surface area (Å²) >= 11 is 6.37. The number of amides is 2. The Hall–Kier alpha value is -1.75. The number of piperidine rings is 1. The smallest absolute Gasteiger partial charge is 0.411 e. The Labute approximate surface area is 172 Å². The van der Waals surface area contributed by atoms with Gasteiger partial charge >= 0.3 is 6.09 Å². The predicted molar refractivity (Wildman–Crippen MR) is 112 cm³/mol. The summed E-state index contributed by atoms with van der Waals surface area (Å²) in [6.45, 7) is 4.15. The molecular weight excluding hydrogens is 376 g/mol. The highest BCUT2D eigenvalue weighted by Crippen LogP contribution is 2.36. The number of fused-ring (bicyclic) bond motifs is 1. The van der Waals surface area contributed by atoms with E-state index in [4.69, 9.17) is 16.3 Å². The topological polar surface area (TPSA) is 58.6 Å². The van der Waals surface area contributed by atoms with E-state index in [1.807, 2.05) is 4.90 Å². The molecule has 2 aliphatic rings. The van der Waals surface area contributed by atoms with Gasteiger partial charge in [0.2, 0.25) is 0 Å². The lowest BCUT2D eigenvalue weighted by molar-refractivity contribution is 0.0521. The molecule has 1 N–H and O–H groups in total. The summed E-state index contributed by atoms with van der Waals surface area (Å²) in [4.78, 5) is 26.7. The van der Waals surface area contributed by atoms with Gasteiger partial charge in [0.25, 0.3) is 5.91 Å². The number of benzene rings is 1. The summed E-state index contributed by atoms with van der Waals surface area (Å²) in [7, 11) is 0. The fraction of sp³-hybridized carbons (Fsp3) is 0.636. The lowest BCUT2D eigenvalue weighted by Crippen LogP contribution is -2.44. The largest absolute Gasteiger partial charge is 0.449 e. The van der Waals surface area contributed by atoms with E-state index < -0.39 is 6.09 Å². The van der Waals surface area contributed by atoms with Gasteiger partial charge in [-0.2, -0.15) is 0 Å². The SMILES string of the molecule is CCCCCOC(=O)Nc1ccc(C(=O)N2CCC3CCCCC3C2)c(Cl)c1. The molecule has 5 nitrogen and oxygen atoms in total. The number of ether oxygens (including phenoxy) is 1. The second-order valence-electron chi connectivity index (χ2n) is 8.01. The van der Waals surface area contributed by atoms with E-state index in [1.54, 1.807) is 18.2 Å². The minimum absolute atomic E-state index is 0.0114. The van der Waals surface area contributed by atoms with Gasteiger partial charge in [-0.05, 0) is 49.3 Å². The number of hydrogen-bond donors (Lipinski definition) is 1. The Kier molecular flexibility index (Phi) is 7.60.